The minimum atomic E-state index is -0.322. The third kappa shape index (κ3) is 5.39. The van der Waals surface area contributed by atoms with Crippen molar-refractivity contribution in [2.75, 3.05) is 11.4 Å². The number of carbonyl (C=O) groups is 1. The van der Waals surface area contributed by atoms with Crippen molar-refractivity contribution in [1.82, 2.24) is 5.43 Å². The maximum atomic E-state index is 12.9. The molecule has 0 heterocycles. The molecule has 3 rings (SSSR count). The predicted molar refractivity (Wildman–Crippen MR) is 107 cm³/mol. The number of benzene rings is 3. The van der Waals surface area contributed by atoms with E-state index in [0.717, 1.165) is 11.4 Å². The Morgan fingerprint density at radius 3 is 2.26 bits per heavy atom. The SMILES string of the molecule is O=C(CN(c1ccccc1)c1ccc(Cl)cc1)N/N=C/c1ccc(F)cc1. The number of hydrogen-bond donors (Lipinski definition) is 1. The van der Waals surface area contributed by atoms with Crippen LogP contribution in [0.15, 0.2) is 84.0 Å². The van der Waals surface area contributed by atoms with Crippen LogP contribution in [0.5, 0.6) is 0 Å². The molecule has 3 aromatic carbocycles. The second kappa shape index (κ2) is 8.96. The number of carbonyl (C=O) groups excluding carboxylic acids is 1. The van der Waals surface area contributed by atoms with E-state index in [1.165, 1.54) is 18.3 Å². The second-order valence-corrected chi connectivity index (χ2v) is 6.18. The molecule has 27 heavy (non-hydrogen) atoms. The van der Waals surface area contributed by atoms with Gasteiger partial charge in [0, 0.05) is 16.4 Å². The van der Waals surface area contributed by atoms with Crippen molar-refractivity contribution < 1.29 is 9.18 Å². The third-order valence-electron chi connectivity index (χ3n) is 3.78. The van der Waals surface area contributed by atoms with E-state index in [9.17, 15) is 9.18 Å². The van der Waals surface area contributed by atoms with Crippen LogP contribution in [0.4, 0.5) is 15.8 Å². The summed E-state index contributed by atoms with van der Waals surface area (Å²) in [6.45, 7) is 0.0758. The Kier molecular flexibility index (Phi) is 6.18. The minimum absolute atomic E-state index is 0.0758. The molecule has 6 heteroatoms. The highest BCUT2D eigenvalue weighted by molar-refractivity contribution is 6.30. The number of hydrazone groups is 1. The topological polar surface area (TPSA) is 44.7 Å². The van der Waals surface area contributed by atoms with Crippen LogP contribution < -0.4 is 10.3 Å². The van der Waals surface area contributed by atoms with Gasteiger partial charge in [-0.2, -0.15) is 5.10 Å². The largest absolute Gasteiger partial charge is 0.332 e. The van der Waals surface area contributed by atoms with Crippen LogP contribution in [0.3, 0.4) is 0 Å². The molecule has 0 radical (unpaired) electrons. The summed E-state index contributed by atoms with van der Waals surface area (Å²) in [6, 6.07) is 22.6. The van der Waals surface area contributed by atoms with Gasteiger partial charge in [-0.25, -0.2) is 9.82 Å². The summed E-state index contributed by atoms with van der Waals surface area (Å²) in [7, 11) is 0. The Balaban J connectivity index is 1.70. The summed E-state index contributed by atoms with van der Waals surface area (Å²) in [4.78, 5) is 14.2. The van der Waals surface area contributed by atoms with E-state index in [-0.39, 0.29) is 18.3 Å². The van der Waals surface area contributed by atoms with Gasteiger partial charge in [0.15, 0.2) is 0 Å². The fourth-order valence-electron chi connectivity index (χ4n) is 2.47. The Morgan fingerprint density at radius 1 is 0.963 bits per heavy atom. The van der Waals surface area contributed by atoms with Crippen LogP contribution in [-0.2, 0) is 4.79 Å². The van der Waals surface area contributed by atoms with E-state index in [1.54, 1.807) is 24.3 Å². The molecular formula is C21H17ClFN3O. The maximum absolute atomic E-state index is 12.9. The first-order valence-corrected chi connectivity index (χ1v) is 8.65. The zero-order chi connectivity index (χ0) is 19.1. The van der Waals surface area contributed by atoms with E-state index in [0.29, 0.717) is 10.6 Å². The molecule has 0 aliphatic rings. The number of nitrogens with zero attached hydrogens (tertiary/aromatic N) is 2. The number of para-hydroxylation sites is 1. The summed E-state index contributed by atoms with van der Waals surface area (Å²) in [5.74, 6) is -0.607. The normalized spacial score (nSPS) is 10.7. The molecule has 3 aromatic rings. The molecule has 0 aliphatic carbocycles. The Labute approximate surface area is 161 Å². The van der Waals surface area contributed by atoms with E-state index < -0.39 is 0 Å². The first kappa shape index (κ1) is 18.6. The molecule has 0 aliphatic heterocycles. The van der Waals surface area contributed by atoms with Gasteiger partial charge in [0.25, 0.3) is 5.91 Å². The van der Waals surface area contributed by atoms with Crippen molar-refractivity contribution >= 4 is 35.1 Å². The standard InChI is InChI=1S/C21H17ClFN3O/c22-17-8-12-20(13-9-17)26(19-4-2-1-3-5-19)15-21(27)25-24-14-16-6-10-18(23)11-7-16/h1-14H,15H2,(H,25,27)/b24-14+. The average Bonchev–Trinajstić information content (AvgIpc) is 2.69. The van der Waals surface area contributed by atoms with Gasteiger partial charge in [0.1, 0.15) is 12.4 Å². The molecule has 0 unspecified atom stereocenters. The fraction of sp³-hybridized carbons (Fsp3) is 0.0476. The maximum Gasteiger partial charge on any atom is 0.260 e. The number of rotatable bonds is 6. The highest BCUT2D eigenvalue weighted by Crippen LogP contribution is 2.26. The fourth-order valence-corrected chi connectivity index (χ4v) is 2.59. The summed E-state index contributed by atoms with van der Waals surface area (Å²) >= 11 is 5.96. The Bertz CT molecular complexity index is 912. The Morgan fingerprint density at radius 2 is 1.59 bits per heavy atom. The van der Waals surface area contributed by atoms with Crippen molar-refractivity contribution in [3.05, 3.63) is 95.3 Å². The summed E-state index contributed by atoms with van der Waals surface area (Å²) in [6.07, 6.45) is 1.46. The molecule has 0 spiro atoms. The lowest BCUT2D eigenvalue weighted by molar-refractivity contribution is -0.119. The molecule has 0 saturated heterocycles. The number of halogens is 2. The highest BCUT2D eigenvalue weighted by Gasteiger charge is 2.13. The molecule has 136 valence electrons. The van der Waals surface area contributed by atoms with Crippen molar-refractivity contribution in [3.8, 4) is 0 Å². The highest BCUT2D eigenvalue weighted by atomic mass is 35.5. The lowest BCUT2D eigenvalue weighted by atomic mass is 10.2. The molecule has 0 aromatic heterocycles. The van der Waals surface area contributed by atoms with E-state index in [1.807, 2.05) is 47.4 Å². The third-order valence-corrected chi connectivity index (χ3v) is 4.03. The molecular weight excluding hydrogens is 365 g/mol. The monoisotopic (exact) mass is 381 g/mol. The number of amides is 1. The van der Waals surface area contributed by atoms with Gasteiger partial charge in [0.2, 0.25) is 0 Å². The second-order valence-electron chi connectivity index (χ2n) is 5.74. The average molecular weight is 382 g/mol. The van der Waals surface area contributed by atoms with Crippen molar-refractivity contribution in [2.24, 2.45) is 5.10 Å². The molecule has 0 fully saturated rings. The van der Waals surface area contributed by atoms with E-state index in [4.69, 9.17) is 11.6 Å². The smallest absolute Gasteiger partial charge is 0.260 e. The van der Waals surface area contributed by atoms with Crippen molar-refractivity contribution in [2.45, 2.75) is 0 Å². The van der Waals surface area contributed by atoms with E-state index in [2.05, 4.69) is 10.5 Å². The molecule has 4 nitrogen and oxygen atoms in total. The summed E-state index contributed by atoms with van der Waals surface area (Å²) in [5, 5.41) is 4.56. The summed E-state index contributed by atoms with van der Waals surface area (Å²) in [5.41, 5.74) is 4.89. The minimum Gasteiger partial charge on any atom is -0.332 e. The van der Waals surface area contributed by atoms with Crippen LogP contribution in [-0.4, -0.2) is 18.7 Å². The molecule has 1 amide bonds. The number of hydrogen-bond acceptors (Lipinski definition) is 3. The van der Waals surface area contributed by atoms with Crippen LogP contribution in [0.1, 0.15) is 5.56 Å². The number of nitrogens with one attached hydrogen (secondary N) is 1. The van der Waals surface area contributed by atoms with Gasteiger partial charge in [-0.3, -0.25) is 4.79 Å². The van der Waals surface area contributed by atoms with Crippen LogP contribution in [0.25, 0.3) is 0 Å². The van der Waals surface area contributed by atoms with Gasteiger partial charge >= 0.3 is 0 Å². The zero-order valence-electron chi connectivity index (χ0n) is 14.3. The quantitative estimate of drug-likeness (QED) is 0.494. The van der Waals surface area contributed by atoms with Gasteiger partial charge < -0.3 is 4.90 Å². The van der Waals surface area contributed by atoms with Gasteiger partial charge in [-0.05, 0) is 54.1 Å². The predicted octanol–water partition coefficient (Wildman–Crippen LogP) is 4.77. The number of anilines is 2. The molecule has 0 saturated carbocycles. The van der Waals surface area contributed by atoms with Gasteiger partial charge in [-0.1, -0.05) is 41.9 Å². The first-order valence-electron chi connectivity index (χ1n) is 8.27. The van der Waals surface area contributed by atoms with Gasteiger partial charge in [-0.15, -0.1) is 0 Å². The molecule has 0 atom stereocenters. The van der Waals surface area contributed by atoms with Crippen LogP contribution in [0, 0.1) is 5.82 Å². The van der Waals surface area contributed by atoms with Gasteiger partial charge in [0.05, 0.1) is 6.21 Å². The van der Waals surface area contributed by atoms with Crippen molar-refractivity contribution in [1.29, 1.82) is 0 Å². The Hall–Kier alpha value is -3.18. The molecule has 1 N–H and O–H groups in total. The van der Waals surface area contributed by atoms with E-state index >= 15 is 0 Å². The van der Waals surface area contributed by atoms with Crippen LogP contribution in [0.2, 0.25) is 5.02 Å². The lowest BCUT2D eigenvalue weighted by Crippen LogP contribution is -2.32. The van der Waals surface area contributed by atoms with Crippen molar-refractivity contribution in [3.63, 3.8) is 0 Å². The molecule has 0 bridgehead atoms. The summed E-state index contributed by atoms with van der Waals surface area (Å²) < 4.78 is 12.9. The lowest BCUT2D eigenvalue weighted by Gasteiger charge is -2.24. The zero-order valence-corrected chi connectivity index (χ0v) is 15.1. The van der Waals surface area contributed by atoms with Crippen LogP contribution >= 0.6 is 11.6 Å². The first-order chi connectivity index (χ1) is 13.1.